The van der Waals surface area contributed by atoms with Crippen molar-refractivity contribution in [1.29, 1.82) is 0 Å². The van der Waals surface area contributed by atoms with Crippen molar-refractivity contribution >= 4 is 29.4 Å². The van der Waals surface area contributed by atoms with E-state index < -0.39 is 16.6 Å². The minimum Gasteiger partial charge on any atom is -0.476 e. The number of anilines is 1. The highest BCUT2D eigenvalue weighted by Gasteiger charge is 2.68. The Morgan fingerprint density at radius 1 is 1.33 bits per heavy atom. The average molecular weight is 609 g/mol. The topological polar surface area (TPSA) is 98.6 Å². The molecular formula is C29H41F3N7O2S+. The first kappa shape index (κ1) is 33.2. The number of pyridine rings is 1. The molecule has 1 aliphatic rings. The zero-order valence-corrected chi connectivity index (χ0v) is 25.4. The molecule has 3 rings (SSSR count). The molecule has 1 unspecified atom stereocenters. The summed E-state index contributed by atoms with van der Waals surface area (Å²) in [7, 11) is 1.88. The number of hydrogen-bond acceptors (Lipinski definition) is 6. The molecule has 1 atom stereocenters. The molecule has 1 fully saturated rings. The zero-order chi connectivity index (χ0) is 30.9. The predicted octanol–water partition coefficient (Wildman–Crippen LogP) is 6.58. The number of halogens is 3. The first-order valence-electron chi connectivity index (χ1n) is 14.2. The molecule has 2 aromatic heterocycles. The molecule has 1 aliphatic carbocycles. The molecule has 0 aromatic carbocycles. The summed E-state index contributed by atoms with van der Waals surface area (Å²) in [6.45, 7) is 8.36. The van der Waals surface area contributed by atoms with Crippen LogP contribution in [0.3, 0.4) is 0 Å². The predicted molar refractivity (Wildman–Crippen MR) is 161 cm³/mol. The van der Waals surface area contributed by atoms with Crippen molar-refractivity contribution in [1.82, 2.24) is 14.8 Å². The van der Waals surface area contributed by atoms with Crippen molar-refractivity contribution in [2.24, 2.45) is 16.6 Å². The van der Waals surface area contributed by atoms with Crippen LogP contribution in [-0.4, -0.2) is 56.6 Å². The summed E-state index contributed by atoms with van der Waals surface area (Å²) in [5.41, 5.74) is 5.25. The third-order valence-electron chi connectivity index (χ3n) is 7.65. The Kier molecular flexibility index (Phi) is 11.6. The van der Waals surface area contributed by atoms with E-state index in [0.717, 1.165) is 37.8 Å². The van der Waals surface area contributed by atoms with Gasteiger partial charge in [-0.3, -0.25) is 4.79 Å². The second-order valence-electron chi connectivity index (χ2n) is 10.6. The maximum Gasteiger partial charge on any atom is 0.252 e. The van der Waals surface area contributed by atoms with Crippen LogP contribution in [0.5, 0.6) is 5.88 Å². The van der Waals surface area contributed by atoms with Gasteiger partial charge < -0.3 is 15.4 Å². The number of carbonyl (C=O) groups excluding carboxylic acids is 1. The van der Waals surface area contributed by atoms with Crippen LogP contribution >= 0.6 is 12.6 Å². The molecule has 13 heteroatoms. The number of hydrogen-bond donors (Lipinski definition) is 2. The van der Waals surface area contributed by atoms with Gasteiger partial charge in [0.2, 0.25) is 16.6 Å². The molecule has 0 spiro atoms. The van der Waals surface area contributed by atoms with Crippen molar-refractivity contribution in [3.63, 3.8) is 0 Å². The minimum absolute atomic E-state index is 0.0937. The van der Waals surface area contributed by atoms with E-state index in [1.54, 1.807) is 30.5 Å². The summed E-state index contributed by atoms with van der Waals surface area (Å²) in [6.07, 6.45) is 10.1. The summed E-state index contributed by atoms with van der Waals surface area (Å²) >= 11 is 4.28. The fraction of sp³-hybridized carbons (Fsp3) is 0.517. The van der Waals surface area contributed by atoms with Crippen molar-refractivity contribution < 1.29 is 28.1 Å². The van der Waals surface area contributed by atoms with Gasteiger partial charge in [0, 0.05) is 50.8 Å². The molecule has 2 heterocycles. The van der Waals surface area contributed by atoms with Gasteiger partial charge in [0.15, 0.2) is 5.82 Å². The number of thiol groups is 1. The number of amides is 1. The lowest BCUT2D eigenvalue weighted by atomic mass is 9.97. The van der Waals surface area contributed by atoms with Crippen molar-refractivity contribution in [3.8, 4) is 11.7 Å². The van der Waals surface area contributed by atoms with Crippen molar-refractivity contribution in [2.45, 2.75) is 70.8 Å². The van der Waals surface area contributed by atoms with E-state index in [4.69, 9.17) is 10.5 Å². The SMILES string of the molecule is C=C/C(S)=N\C(=C/C)CCCCC(CC)CN(C)c1nc(-n2ccc(OCCC3([N+](F)(F)F)CC3)n2)ccc1C(N)=O. The Bertz CT molecular complexity index is 1290. The quantitative estimate of drug-likeness (QED) is 0.0655. The van der Waals surface area contributed by atoms with Gasteiger partial charge in [-0.05, 0) is 50.3 Å². The highest BCUT2D eigenvalue weighted by atomic mass is 32.1. The van der Waals surface area contributed by atoms with E-state index in [0.29, 0.717) is 34.7 Å². The summed E-state index contributed by atoms with van der Waals surface area (Å²) in [6, 6.07) is 4.80. The van der Waals surface area contributed by atoms with E-state index in [1.165, 1.54) is 4.68 Å². The minimum atomic E-state index is -3.55. The summed E-state index contributed by atoms with van der Waals surface area (Å²) < 4.78 is 46.3. The number of primary amides is 1. The molecule has 0 radical (unpaired) electrons. The second kappa shape index (κ2) is 14.7. The molecule has 2 N–H and O–H groups in total. The van der Waals surface area contributed by atoms with Crippen molar-refractivity contribution in [2.75, 3.05) is 25.1 Å². The van der Waals surface area contributed by atoms with E-state index in [1.807, 2.05) is 24.9 Å². The molecule has 2 aromatic rings. The number of rotatable bonds is 18. The largest absolute Gasteiger partial charge is 0.476 e. The molecule has 42 heavy (non-hydrogen) atoms. The number of carbonyl (C=O) groups is 1. The summed E-state index contributed by atoms with van der Waals surface area (Å²) in [5.74, 6) is 0.837. The van der Waals surface area contributed by atoms with E-state index >= 15 is 0 Å². The fourth-order valence-corrected chi connectivity index (χ4v) is 4.90. The molecule has 1 amide bonds. The average Bonchev–Trinajstić information content (AvgIpc) is 3.62. The number of ether oxygens (including phenoxy) is 1. The summed E-state index contributed by atoms with van der Waals surface area (Å²) in [4.78, 5) is 23.3. The highest BCUT2D eigenvalue weighted by Crippen LogP contribution is 2.51. The molecule has 0 bridgehead atoms. The van der Waals surface area contributed by atoms with Crippen LogP contribution in [0, 0.1) is 5.92 Å². The smallest absolute Gasteiger partial charge is 0.252 e. The Morgan fingerprint density at radius 2 is 2.07 bits per heavy atom. The van der Waals surface area contributed by atoms with Gasteiger partial charge in [-0.15, -0.1) is 17.7 Å². The lowest BCUT2D eigenvalue weighted by molar-refractivity contribution is -1.29. The van der Waals surface area contributed by atoms with Crippen LogP contribution in [0.2, 0.25) is 0 Å². The Labute approximate surface area is 250 Å². The maximum atomic E-state index is 13.1. The standard InChI is InChI=1S/C29H40F3N7O2S/c1-5-21(10-8-9-11-22(6-2)34-26(42)7-3)20-37(4)28-23(27(33)40)12-13-24(35-28)38-18-14-25(36-38)41-19-17-29(15-16-29)39(30,31)32/h6-7,12-14,18,21H,3,5,8-11,15-17,19-20H2,1-2,4H3,(H2-,33,34,40,42)/p+1/b22-6-. The number of nitrogens with zero attached hydrogens (tertiary/aromatic N) is 6. The number of nitrogens with two attached hydrogens (primary N) is 1. The number of aliphatic imine (C=N–C) groups is 1. The fourth-order valence-electron chi connectivity index (χ4n) is 4.78. The van der Waals surface area contributed by atoms with Gasteiger partial charge in [-0.2, -0.15) is 0 Å². The number of allylic oxidation sites excluding steroid dienone is 2. The third kappa shape index (κ3) is 8.84. The number of aromatic nitrogens is 3. The van der Waals surface area contributed by atoms with Crippen LogP contribution in [0.1, 0.15) is 75.6 Å². The van der Waals surface area contributed by atoms with Gasteiger partial charge in [0.05, 0.1) is 30.7 Å². The van der Waals surface area contributed by atoms with Crippen LogP contribution in [0.15, 0.2) is 53.8 Å². The van der Waals surface area contributed by atoms with Crippen LogP contribution in [0.4, 0.5) is 19.3 Å². The van der Waals surface area contributed by atoms with Crippen LogP contribution in [-0.2, 0) is 0 Å². The van der Waals surface area contributed by atoms with Gasteiger partial charge in [0.25, 0.3) is 5.91 Å². The first-order valence-corrected chi connectivity index (χ1v) is 14.6. The zero-order valence-electron chi connectivity index (χ0n) is 24.5. The van der Waals surface area contributed by atoms with E-state index in [2.05, 4.69) is 41.2 Å². The van der Waals surface area contributed by atoms with E-state index in [-0.39, 0.29) is 31.7 Å². The lowest BCUT2D eigenvalue weighted by Gasteiger charge is -2.26. The first-order chi connectivity index (χ1) is 19.9. The Morgan fingerprint density at radius 3 is 2.67 bits per heavy atom. The summed E-state index contributed by atoms with van der Waals surface area (Å²) in [5, 5.41) is 1.37. The van der Waals surface area contributed by atoms with E-state index in [9.17, 15) is 18.2 Å². The Hall–Kier alpha value is -3.32. The van der Waals surface area contributed by atoms with Gasteiger partial charge in [-0.1, -0.05) is 32.4 Å². The second-order valence-corrected chi connectivity index (χ2v) is 11.1. The molecule has 230 valence electrons. The van der Waals surface area contributed by atoms with Gasteiger partial charge >= 0.3 is 0 Å². The van der Waals surface area contributed by atoms with Crippen molar-refractivity contribution in [3.05, 3.63) is 54.4 Å². The number of unbranched alkanes of at least 4 members (excludes halogenated alkanes) is 1. The maximum absolute atomic E-state index is 13.1. The van der Waals surface area contributed by atoms with Gasteiger partial charge in [-0.25, -0.2) is 14.7 Å². The molecule has 1 saturated carbocycles. The van der Waals surface area contributed by atoms with Crippen LogP contribution < -0.4 is 15.4 Å². The van der Waals surface area contributed by atoms with Crippen LogP contribution in [0.25, 0.3) is 5.82 Å². The Balaban J connectivity index is 1.62. The lowest BCUT2D eigenvalue weighted by Crippen LogP contribution is -2.37. The molecule has 9 nitrogen and oxygen atoms in total. The normalized spacial score (nSPS) is 15.8. The molecule has 0 saturated heterocycles. The van der Waals surface area contributed by atoms with Gasteiger partial charge in [0.1, 0.15) is 5.82 Å². The molecule has 0 aliphatic heterocycles. The molecular weight excluding hydrogens is 567 g/mol. The monoisotopic (exact) mass is 608 g/mol. The highest BCUT2D eigenvalue weighted by molar-refractivity contribution is 7.97. The third-order valence-corrected chi connectivity index (χ3v) is 7.93. The number of quaternary nitrogens is 1.